The van der Waals surface area contributed by atoms with Gasteiger partial charge in [0.25, 0.3) is 11.5 Å². The Bertz CT molecular complexity index is 848. The predicted molar refractivity (Wildman–Crippen MR) is 94.6 cm³/mol. The molecule has 132 valence electrons. The van der Waals surface area contributed by atoms with Crippen molar-refractivity contribution in [3.8, 4) is 0 Å². The number of aromatic amines is 1. The zero-order chi connectivity index (χ0) is 18.6. The molecular weight excluding hydrogens is 324 g/mol. The molecule has 2 rings (SSSR count). The monoisotopic (exact) mass is 344 g/mol. The Labute approximate surface area is 144 Å². The normalized spacial score (nSPS) is 11.6. The smallest absolute Gasteiger partial charge is 0.267 e. The number of nitrogens with two attached hydrogens (primary N) is 2. The van der Waals surface area contributed by atoms with E-state index in [1.807, 2.05) is 25.1 Å². The zero-order valence-corrected chi connectivity index (χ0v) is 13.9. The summed E-state index contributed by atoms with van der Waals surface area (Å²) >= 11 is 0. The highest BCUT2D eigenvalue weighted by molar-refractivity contribution is 5.98. The number of aryl methyl sites for hydroxylation is 1. The van der Waals surface area contributed by atoms with Gasteiger partial charge in [0.05, 0.1) is 6.04 Å². The maximum Gasteiger partial charge on any atom is 0.267 e. The number of benzene rings is 1. The molecule has 9 nitrogen and oxygen atoms in total. The first-order chi connectivity index (χ1) is 11.8. The lowest BCUT2D eigenvalue weighted by Gasteiger charge is -2.23. The summed E-state index contributed by atoms with van der Waals surface area (Å²) in [6.45, 7) is 3.60. The van der Waals surface area contributed by atoms with Crippen LogP contribution in [0.4, 0.5) is 17.5 Å². The highest BCUT2D eigenvalue weighted by atomic mass is 16.2. The first kappa shape index (κ1) is 18.1. The molecule has 0 aliphatic heterocycles. The third kappa shape index (κ3) is 4.21. The number of rotatable bonds is 7. The standard InChI is InChI=1S/C16H20N6O3/c1-9-4-3-5-11(8-9)19-14-12(13(17)24)15(25)21-16(20-14)22(18)10(2)6-7-23/h3-5,7-8,10H,6,18H2,1-2H3,(H2,17,24)(H2,19,20,21,25). The van der Waals surface area contributed by atoms with Crippen molar-refractivity contribution in [2.45, 2.75) is 26.3 Å². The van der Waals surface area contributed by atoms with Gasteiger partial charge in [0, 0.05) is 12.1 Å². The third-order valence-corrected chi connectivity index (χ3v) is 3.59. The van der Waals surface area contributed by atoms with Crippen molar-refractivity contribution in [3.05, 3.63) is 45.7 Å². The van der Waals surface area contributed by atoms with Gasteiger partial charge in [0.15, 0.2) is 5.82 Å². The average molecular weight is 344 g/mol. The Morgan fingerprint density at radius 2 is 2.20 bits per heavy atom. The van der Waals surface area contributed by atoms with Gasteiger partial charge in [-0.05, 0) is 31.5 Å². The van der Waals surface area contributed by atoms with E-state index < -0.39 is 17.5 Å². The minimum Gasteiger partial charge on any atom is -0.365 e. The summed E-state index contributed by atoms with van der Waals surface area (Å²) in [5, 5.41) is 4.07. The summed E-state index contributed by atoms with van der Waals surface area (Å²) in [4.78, 5) is 41.2. The topological polar surface area (TPSA) is 147 Å². The number of carbonyl (C=O) groups excluding carboxylic acids is 2. The molecule has 0 saturated heterocycles. The summed E-state index contributed by atoms with van der Waals surface area (Å²) < 4.78 is 0. The van der Waals surface area contributed by atoms with Crippen LogP contribution in [0.5, 0.6) is 0 Å². The van der Waals surface area contributed by atoms with Crippen molar-refractivity contribution < 1.29 is 9.59 Å². The maximum absolute atomic E-state index is 12.3. The highest BCUT2D eigenvalue weighted by Gasteiger charge is 2.20. The number of hydrogen-bond donors (Lipinski definition) is 4. The molecule has 1 aromatic heterocycles. The van der Waals surface area contributed by atoms with E-state index in [4.69, 9.17) is 11.6 Å². The van der Waals surface area contributed by atoms with Gasteiger partial charge in [-0.3, -0.25) is 19.6 Å². The molecule has 6 N–H and O–H groups in total. The lowest BCUT2D eigenvalue weighted by atomic mass is 10.2. The molecule has 1 unspecified atom stereocenters. The number of amides is 1. The molecule has 1 aromatic carbocycles. The maximum atomic E-state index is 12.3. The van der Waals surface area contributed by atoms with Gasteiger partial charge in [0.1, 0.15) is 11.8 Å². The molecule has 1 atom stereocenters. The summed E-state index contributed by atoms with van der Waals surface area (Å²) in [7, 11) is 0. The molecule has 0 bridgehead atoms. The van der Waals surface area contributed by atoms with E-state index in [9.17, 15) is 14.4 Å². The van der Waals surface area contributed by atoms with E-state index in [0.29, 0.717) is 12.0 Å². The molecule has 2 aromatic rings. The Hall–Kier alpha value is -3.20. The molecular formula is C16H20N6O3. The quantitative estimate of drug-likeness (QED) is 0.326. The zero-order valence-electron chi connectivity index (χ0n) is 13.9. The Kier molecular flexibility index (Phi) is 5.50. The number of nitrogens with zero attached hydrogens (tertiary/aromatic N) is 2. The Morgan fingerprint density at radius 1 is 1.48 bits per heavy atom. The molecule has 0 radical (unpaired) electrons. The fourth-order valence-corrected chi connectivity index (χ4v) is 2.22. The van der Waals surface area contributed by atoms with E-state index in [1.54, 1.807) is 13.0 Å². The Balaban J connectivity index is 2.50. The largest absolute Gasteiger partial charge is 0.365 e. The number of anilines is 3. The predicted octanol–water partition coefficient (Wildman–Crippen LogP) is 0.578. The summed E-state index contributed by atoms with van der Waals surface area (Å²) in [6, 6.07) is 6.90. The molecule has 0 saturated carbocycles. The van der Waals surface area contributed by atoms with Crippen molar-refractivity contribution in [1.29, 1.82) is 0 Å². The van der Waals surface area contributed by atoms with Gasteiger partial charge in [0.2, 0.25) is 5.95 Å². The van der Waals surface area contributed by atoms with Gasteiger partial charge in [-0.2, -0.15) is 4.98 Å². The van der Waals surface area contributed by atoms with Crippen LogP contribution in [-0.2, 0) is 4.79 Å². The second kappa shape index (κ2) is 7.58. The van der Waals surface area contributed by atoms with Crippen LogP contribution in [-0.4, -0.2) is 28.2 Å². The molecule has 0 fully saturated rings. The van der Waals surface area contributed by atoms with Gasteiger partial charge < -0.3 is 15.8 Å². The molecule has 1 heterocycles. The molecule has 9 heteroatoms. The SMILES string of the molecule is Cc1cccc(Nc2nc(N(N)C(C)CC=O)[nH]c(=O)c2C(N)=O)c1. The van der Waals surface area contributed by atoms with Crippen LogP contribution >= 0.6 is 0 Å². The minimum atomic E-state index is -0.917. The number of hydrogen-bond acceptors (Lipinski definition) is 7. The van der Waals surface area contributed by atoms with Gasteiger partial charge in [-0.25, -0.2) is 5.84 Å². The van der Waals surface area contributed by atoms with Crippen LogP contribution in [0, 0.1) is 6.92 Å². The van der Waals surface area contributed by atoms with Crippen molar-refractivity contribution in [2.24, 2.45) is 11.6 Å². The Morgan fingerprint density at radius 3 is 2.80 bits per heavy atom. The number of nitrogens with one attached hydrogen (secondary N) is 2. The average Bonchev–Trinajstić information content (AvgIpc) is 2.53. The summed E-state index contributed by atoms with van der Waals surface area (Å²) in [6.07, 6.45) is 0.866. The van der Waals surface area contributed by atoms with Crippen LogP contribution in [0.15, 0.2) is 29.1 Å². The number of H-pyrrole nitrogens is 1. The molecule has 1 amide bonds. The van der Waals surface area contributed by atoms with Gasteiger partial charge in [-0.15, -0.1) is 0 Å². The van der Waals surface area contributed by atoms with Crippen LogP contribution in [0.3, 0.4) is 0 Å². The highest BCUT2D eigenvalue weighted by Crippen LogP contribution is 2.19. The van der Waals surface area contributed by atoms with Crippen molar-refractivity contribution in [3.63, 3.8) is 0 Å². The first-order valence-electron chi connectivity index (χ1n) is 7.59. The van der Waals surface area contributed by atoms with Crippen LogP contribution in [0.2, 0.25) is 0 Å². The van der Waals surface area contributed by atoms with Crippen molar-refractivity contribution in [1.82, 2.24) is 9.97 Å². The molecule has 0 aliphatic rings. The fourth-order valence-electron chi connectivity index (χ4n) is 2.22. The number of aldehydes is 1. The van der Waals surface area contributed by atoms with Gasteiger partial charge in [-0.1, -0.05) is 12.1 Å². The van der Waals surface area contributed by atoms with E-state index in [-0.39, 0.29) is 23.8 Å². The van der Waals surface area contributed by atoms with E-state index in [1.165, 1.54) is 0 Å². The number of primary amides is 1. The number of carbonyl (C=O) groups is 2. The fraction of sp³-hybridized carbons (Fsp3) is 0.250. The second-order valence-corrected chi connectivity index (χ2v) is 5.63. The van der Waals surface area contributed by atoms with E-state index in [2.05, 4.69) is 15.3 Å². The van der Waals surface area contributed by atoms with E-state index >= 15 is 0 Å². The number of aromatic nitrogens is 2. The summed E-state index contributed by atoms with van der Waals surface area (Å²) in [5.41, 5.74) is 5.90. The van der Waals surface area contributed by atoms with Crippen molar-refractivity contribution >= 4 is 29.6 Å². The second-order valence-electron chi connectivity index (χ2n) is 5.63. The minimum absolute atomic E-state index is 0.00870. The van der Waals surface area contributed by atoms with Gasteiger partial charge >= 0.3 is 0 Å². The van der Waals surface area contributed by atoms with Crippen LogP contribution < -0.4 is 27.5 Å². The first-order valence-corrected chi connectivity index (χ1v) is 7.59. The molecule has 25 heavy (non-hydrogen) atoms. The number of hydrazine groups is 1. The lowest BCUT2D eigenvalue weighted by Crippen LogP contribution is -2.42. The van der Waals surface area contributed by atoms with Crippen LogP contribution in [0.25, 0.3) is 0 Å². The molecule has 0 aliphatic carbocycles. The summed E-state index contributed by atoms with van der Waals surface area (Å²) in [5.74, 6) is 4.99. The molecule has 0 spiro atoms. The van der Waals surface area contributed by atoms with Crippen molar-refractivity contribution in [2.75, 3.05) is 10.3 Å². The lowest BCUT2D eigenvalue weighted by molar-refractivity contribution is -0.108. The van der Waals surface area contributed by atoms with E-state index in [0.717, 1.165) is 10.6 Å². The third-order valence-electron chi connectivity index (χ3n) is 3.59. The van der Waals surface area contributed by atoms with Crippen LogP contribution in [0.1, 0.15) is 29.3 Å².